The van der Waals surface area contributed by atoms with E-state index in [1.165, 1.54) is 5.56 Å². The third-order valence-corrected chi connectivity index (χ3v) is 3.60. The highest BCUT2D eigenvalue weighted by Crippen LogP contribution is 2.19. The fourth-order valence-electron chi connectivity index (χ4n) is 2.28. The van der Waals surface area contributed by atoms with Gasteiger partial charge in [-0.3, -0.25) is 0 Å². The van der Waals surface area contributed by atoms with Crippen molar-refractivity contribution in [1.29, 1.82) is 0 Å². The summed E-state index contributed by atoms with van der Waals surface area (Å²) < 4.78 is 11.1. The second-order valence-electron chi connectivity index (χ2n) is 5.60. The number of aryl methyl sites for hydroxylation is 1. The quantitative estimate of drug-likeness (QED) is 0.804. The van der Waals surface area contributed by atoms with Crippen LogP contribution >= 0.6 is 0 Å². The van der Waals surface area contributed by atoms with Crippen LogP contribution in [0, 0.1) is 6.92 Å². The lowest BCUT2D eigenvalue weighted by Gasteiger charge is -2.18. The van der Waals surface area contributed by atoms with Crippen LogP contribution in [0.25, 0.3) is 0 Å². The minimum atomic E-state index is -0.867. The van der Waals surface area contributed by atoms with Gasteiger partial charge in [0.15, 0.2) is 6.10 Å². The number of carboxylic acid groups (broad SMARTS) is 1. The third kappa shape index (κ3) is 5.02. The molecule has 3 unspecified atom stereocenters. The summed E-state index contributed by atoms with van der Waals surface area (Å²) in [4.78, 5) is 10.8. The van der Waals surface area contributed by atoms with Gasteiger partial charge < -0.3 is 19.9 Å². The molecule has 116 valence electrons. The molecule has 1 fully saturated rings. The molecule has 1 aliphatic heterocycles. The lowest BCUT2D eigenvalue weighted by atomic mass is 10.2. The van der Waals surface area contributed by atoms with E-state index in [2.05, 4.69) is 5.32 Å². The van der Waals surface area contributed by atoms with Gasteiger partial charge in [-0.25, -0.2) is 4.79 Å². The molecular formula is C16H23NO4. The van der Waals surface area contributed by atoms with Crippen LogP contribution in [0.5, 0.6) is 5.75 Å². The van der Waals surface area contributed by atoms with Crippen molar-refractivity contribution in [2.45, 2.75) is 44.9 Å². The van der Waals surface area contributed by atoms with E-state index in [1.54, 1.807) is 0 Å². The second-order valence-corrected chi connectivity index (χ2v) is 5.60. The van der Waals surface area contributed by atoms with E-state index in [4.69, 9.17) is 14.6 Å². The van der Waals surface area contributed by atoms with Crippen molar-refractivity contribution in [3.8, 4) is 5.75 Å². The predicted molar refractivity (Wildman–Crippen MR) is 79.7 cm³/mol. The number of carbonyl (C=O) groups is 1. The molecule has 0 radical (unpaired) electrons. The van der Waals surface area contributed by atoms with Gasteiger partial charge in [0.05, 0.1) is 6.10 Å². The molecule has 21 heavy (non-hydrogen) atoms. The number of hydrogen-bond acceptors (Lipinski definition) is 4. The van der Waals surface area contributed by atoms with Crippen LogP contribution in [-0.4, -0.2) is 42.5 Å². The van der Waals surface area contributed by atoms with Crippen LogP contribution < -0.4 is 10.1 Å². The molecule has 0 amide bonds. The molecule has 1 aliphatic rings. The lowest BCUT2D eigenvalue weighted by molar-refractivity contribution is -0.149. The molecule has 5 heteroatoms. The van der Waals surface area contributed by atoms with E-state index in [-0.39, 0.29) is 12.1 Å². The van der Waals surface area contributed by atoms with Crippen molar-refractivity contribution in [2.75, 3.05) is 13.2 Å². The van der Waals surface area contributed by atoms with Crippen molar-refractivity contribution in [1.82, 2.24) is 5.32 Å². The topological polar surface area (TPSA) is 67.8 Å². The number of ether oxygens (including phenoxy) is 2. The molecule has 2 rings (SSSR count). The Bertz CT molecular complexity index is 460. The van der Waals surface area contributed by atoms with E-state index in [1.807, 2.05) is 38.1 Å². The summed E-state index contributed by atoms with van der Waals surface area (Å²) >= 11 is 0. The summed E-state index contributed by atoms with van der Waals surface area (Å²) in [6.45, 7) is 5.30. The minimum Gasteiger partial charge on any atom is -0.492 e. The maximum absolute atomic E-state index is 10.8. The van der Waals surface area contributed by atoms with Gasteiger partial charge in [0, 0.05) is 12.6 Å². The van der Waals surface area contributed by atoms with Gasteiger partial charge in [-0.1, -0.05) is 17.7 Å². The van der Waals surface area contributed by atoms with E-state index in [0.29, 0.717) is 19.6 Å². The normalized spacial score (nSPS) is 23.0. The lowest BCUT2D eigenvalue weighted by Crippen LogP contribution is -2.37. The summed E-state index contributed by atoms with van der Waals surface area (Å²) in [6, 6.07) is 8.13. The van der Waals surface area contributed by atoms with Crippen LogP contribution in [0.1, 0.15) is 25.3 Å². The Labute approximate surface area is 125 Å². The molecule has 3 atom stereocenters. The second kappa shape index (κ2) is 7.43. The molecule has 1 saturated heterocycles. The number of rotatable bonds is 7. The summed E-state index contributed by atoms with van der Waals surface area (Å²) in [5.41, 5.74) is 1.21. The van der Waals surface area contributed by atoms with Gasteiger partial charge in [-0.15, -0.1) is 0 Å². The highest BCUT2D eigenvalue weighted by Gasteiger charge is 2.30. The van der Waals surface area contributed by atoms with Crippen molar-refractivity contribution in [3.05, 3.63) is 29.8 Å². The Hall–Kier alpha value is -1.59. The smallest absolute Gasteiger partial charge is 0.332 e. The highest BCUT2D eigenvalue weighted by molar-refractivity contribution is 5.72. The van der Waals surface area contributed by atoms with Gasteiger partial charge >= 0.3 is 5.97 Å². The molecule has 0 aromatic heterocycles. The maximum atomic E-state index is 10.8. The van der Waals surface area contributed by atoms with Crippen LogP contribution in [0.3, 0.4) is 0 Å². The average molecular weight is 293 g/mol. The van der Waals surface area contributed by atoms with Gasteiger partial charge in [-0.05, 0) is 38.8 Å². The predicted octanol–water partition coefficient (Wildman–Crippen LogP) is 1.98. The molecule has 1 aromatic carbocycles. The molecule has 5 nitrogen and oxygen atoms in total. The summed E-state index contributed by atoms with van der Waals surface area (Å²) in [5.74, 6) is -0.00874. The zero-order chi connectivity index (χ0) is 15.2. The van der Waals surface area contributed by atoms with Crippen molar-refractivity contribution in [2.24, 2.45) is 0 Å². The molecule has 1 heterocycles. The summed E-state index contributed by atoms with van der Waals surface area (Å²) in [7, 11) is 0. The number of benzene rings is 1. The standard InChI is InChI=1S/C16H23NO4/c1-11-3-5-13(6-4-11)20-10-12(2)17-9-14-7-8-15(21-14)16(18)19/h3-6,12,14-15,17H,7-10H2,1-2H3,(H,18,19). The first-order valence-electron chi connectivity index (χ1n) is 7.35. The number of carboxylic acids is 1. The van der Waals surface area contributed by atoms with E-state index in [9.17, 15) is 4.79 Å². The zero-order valence-electron chi connectivity index (χ0n) is 12.5. The fourth-order valence-corrected chi connectivity index (χ4v) is 2.28. The fraction of sp³-hybridized carbons (Fsp3) is 0.562. The Morgan fingerprint density at radius 2 is 2.14 bits per heavy atom. The molecule has 0 aliphatic carbocycles. The highest BCUT2D eigenvalue weighted by atomic mass is 16.5. The van der Waals surface area contributed by atoms with Crippen LogP contribution in [0.4, 0.5) is 0 Å². The maximum Gasteiger partial charge on any atom is 0.332 e. The molecule has 1 aromatic rings. The largest absolute Gasteiger partial charge is 0.492 e. The van der Waals surface area contributed by atoms with Crippen molar-refractivity contribution < 1.29 is 19.4 Å². The first-order valence-corrected chi connectivity index (χ1v) is 7.35. The first kappa shape index (κ1) is 15.8. The van der Waals surface area contributed by atoms with E-state index < -0.39 is 12.1 Å². The summed E-state index contributed by atoms with van der Waals surface area (Å²) in [5, 5.41) is 12.2. The Balaban J connectivity index is 1.65. The Kier molecular flexibility index (Phi) is 5.59. The average Bonchev–Trinajstić information content (AvgIpc) is 2.93. The van der Waals surface area contributed by atoms with Gasteiger partial charge in [0.1, 0.15) is 12.4 Å². The van der Waals surface area contributed by atoms with Gasteiger partial charge in [-0.2, -0.15) is 0 Å². The first-order chi connectivity index (χ1) is 10.0. The molecular weight excluding hydrogens is 270 g/mol. The Morgan fingerprint density at radius 3 is 2.76 bits per heavy atom. The minimum absolute atomic E-state index is 0.0204. The number of aliphatic carboxylic acids is 1. The summed E-state index contributed by atoms with van der Waals surface area (Å²) in [6.07, 6.45) is 0.717. The monoisotopic (exact) mass is 293 g/mol. The van der Waals surface area contributed by atoms with E-state index >= 15 is 0 Å². The van der Waals surface area contributed by atoms with Crippen LogP contribution in [-0.2, 0) is 9.53 Å². The number of nitrogens with one attached hydrogen (secondary N) is 1. The Morgan fingerprint density at radius 1 is 1.43 bits per heavy atom. The van der Waals surface area contributed by atoms with Gasteiger partial charge in [0.25, 0.3) is 0 Å². The van der Waals surface area contributed by atoms with Gasteiger partial charge in [0.2, 0.25) is 0 Å². The van der Waals surface area contributed by atoms with Crippen LogP contribution in [0.2, 0.25) is 0 Å². The molecule has 0 bridgehead atoms. The van der Waals surface area contributed by atoms with Crippen molar-refractivity contribution >= 4 is 5.97 Å². The molecule has 0 saturated carbocycles. The SMILES string of the molecule is Cc1ccc(OCC(C)NCC2CCC(C(=O)O)O2)cc1. The molecule has 2 N–H and O–H groups in total. The number of hydrogen-bond donors (Lipinski definition) is 2. The van der Waals surface area contributed by atoms with Crippen LogP contribution in [0.15, 0.2) is 24.3 Å². The van der Waals surface area contributed by atoms with E-state index in [0.717, 1.165) is 12.2 Å². The third-order valence-electron chi connectivity index (χ3n) is 3.60. The zero-order valence-corrected chi connectivity index (χ0v) is 12.5. The van der Waals surface area contributed by atoms with Crippen molar-refractivity contribution in [3.63, 3.8) is 0 Å². The molecule has 0 spiro atoms.